The Balaban J connectivity index is 1.84. The number of rotatable bonds is 5. The molecule has 1 aliphatic rings. The molecule has 1 fully saturated rings. The minimum atomic E-state index is -0.341. The Hall–Kier alpha value is -1.46. The highest BCUT2D eigenvalue weighted by atomic mass is 16.6. The summed E-state index contributed by atoms with van der Waals surface area (Å²) in [6, 6.07) is 7.06. The van der Waals surface area contributed by atoms with Gasteiger partial charge in [-0.3, -0.25) is 10.1 Å². The van der Waals surface area contributed by atoms with E-state index in [0.717, 1.165) is 31.2 Å². The minimum absolute atomic E-state index is 0.173. The largest absolute Gasteiger partial charge is 0.378 e. The maximum Gasteiger partial charge on any atom is 0.272 e. The molecule has 0 saturated heterocycles. The lowest BCUT2D eigenvalue weighted by atomic mass is 9.93. The number of ether oxygens (including phenoxy) is 1. The number of hydrogen-bond donors (Lipinski definition) is 1. The second kappa shape index (κ2) is 6.63. The summed E-state index contributed by atoms with van der Waals surface area (Å²) in [6.07, 6.45) is 4.91. The van der Waals surface area contributed by atoms with Crippen molar-refractivity contribution in [2.75, 3.05) is 6.61 Å². The summed E-state index contributed by atoms with van der Waals surface area (Å²) in [5, 5.41) is 10.9. The number of benzene rings is 1. The lowest BCUT2D eigenvalue weighted by Crippen LogP contribution is -2.32. The van der Waals surface area contributed by atoms with Gasteiger partial charge in [-0.05, 0) is 25.7 Å². The van der Waals surface area contributed by atoms with E-state index in [1.807, 2.05) is 6.07 Å². The lowest BCUT2D eigenvalue weighted by molar-refractivity contribution is -0.385. The van der Waals surface area contributed by atoms with Gasteiger partial charge in [0.25, 0.3) is 5.69 Å². The van der Waals surface area contributed by atoms with Crippen LogP contribution in [0.5, 0.6) is 0 Å². The first-order valence-electron chi connectivity index (χ1n) is 6.76. The van der Waals surface area contributed by atoms with Gasteiger partial charge >= 0.3 is 0 Å². The van der Waals surface area contributed by atoms with Crippen LogP contribution in [-0.4, -0.2) is 23.7 Å². The zero-order valence-electron chi connectivity index (χ0n) is 11.0. The van der Waals surface area contributed by atoms with Crippen molar-refractivity contribution in [3.63, 3.8) is 0 Å². The van der Waals surface area contributed by atoms with Gasteiger partial charge in [-0.25, -0.2) is 0 Å². The number of para-hydroxylation sites is 1. The van der Waals surface area contributed by atoms with E-state index in [0.29, 0.717) is 13.0 Å². The Morgan fingerprint density at radius 3 is 2.89 bits per heavy atom. The minimum Gasteiger partial charge on any atom is -0.378 e. The summed E-state index contributed by atoms with van der Waals surface area (Å²) >= 11 is 0. The maximum absolute atomic E-state index is 10.9. The molecule has 0 bridgehead atoms. The van der Waals surface area contributed by atoms with Crippen LogP contribution in [0.4, 0.5) is 5.69 Å². The molecule has 0 spiro atoms. The second-order valence-electron chi connectivity index (χ2n) is 5.06. The van der Waals surface area contributed by atoms with Gasteiger partial charge in [0.2, 0.25) is 0 Å². The molecule has 19 heavy (non-hydrogen) atoms. The molecule has 104 valence electrons. The summed E-state index contributed by atoms with van der Waals surface area (Å²) in [6.45, 7) is 0.516. The van der Waals surface area contributed by atoms with E-state index in [2.05, 4.69) is 0 Å². The van der Waals surface area contributed by atoms with Crippen LogP contribution >= 0.6 is 0 Å². The molecular weight excluding hydrogens is 244 g/mol. The second-order valence-corrected chi connectivity index (χ2v) is 5.06. The predicted molar refractivity (Wildman–Crippen MR) is 73.0 cm³/mol. The number of hydrogen-bond acceptors (Lipinski definition) is 4. The van der Waals surface area contributed by atoms with E-state index in [1.54, 1.807) is 12.1 Å². The molecule has 1 aromatic rings. The van der Waals surface area contributed by atoms with Crippen molar-refractivity contribution < 1.29 is 9.66 Å². The number of nitrogens with two attached hydrogens (primary N) is 1. The monoisotopic (exact) mass is 264 g/mol. The smallest absolute Gasteiger partial charge is 0.272 e. The molecule has 1 aliphatic carbocycles. The summed E-state index contributed by atoms with van der Waals surface area (Å²) < 4.78 is 5.79. The molecule has 0 radical (unpaired) electrons. The molecular formula is C14H20N2O3. The van der Waals surface area contributed by atoms with Crippen LogP contribution in [0.3, 0.4) is 0 Å². The summed E-state index contributed by atoms with van der Waals surface area (Å²) in [4.78, 5) is 10.5. The van der Waals surface area contributed by atoms with Gasteiger partial charge in [-0.15, -0.1) is 0 Å². The molecule has 0 amide bonds. The van der Waals surface area contributed by atoms with E-state index < -0.39 is 0 Å². The van der Waals surface area contributed by atoms with Gasteiger partial charge in [-0.1, -0.05) is 18.2 Å². The highest BCUT2D eigenvalue weighted by molar-refractivity contribution is 5.39. The molecule has 1 aromatic carbocycles. The molecule has 2 unspecified atom stereocenters. The molecule has 5 nitrogen and oxygen atoms in total. The van der Waals surface area contributed by atoms with Crippen molar-refractivity contribution in [2.24, 2.45) is 5.73 Å². The van der Waals surface area contributed by atoms with Crippen LogP contribution in [0.25, 0.3) is 0 Å². The van der Waals surface area contributed by atoms with E-state index in [-0.39, 0.29) is 22.8 Å². The summed E-state index contributed by atoms with van der Waals surface area (Å²) in [5.74, 6) is 0. The first-order chi connectivity index (χ1) is 9.16. The zero-order chi connectivity index (χ0) is 13.7. The fourth-order valence-electron chi connectivity index (χ4n) is 2.57. The fraction of sp³-hybridized carbons (Fsp3) is 0.571. The van der Waals surface area contributed by atoms with Crippen molar-refractivity contribution in [3.05, 3.63) is 39.9 Å². The van der Waals surface area contributed by atoms with Gasteiger partial charge in [0, 0.05) is 24.1 Å². The van der Waals surface area contributed by atoms with Crippen molar-refractivity contribution in [1.29, 1.82) is 0 Å². The first-order valence-corrected chi connectivity index (χ1v) is 6.76. The normalized spacial score (nSPS) is 23.2. The van der Waals surface area contributed by atoms with Crippen LogP contribution in [0.1, 0.15) is 31.2 Å². The number of nitro benzene ring substituents is 1. The highest BCUT2D eigenvalue weighted by Crippen LogP contribution is 2.21. The van der Waals surface area contributed by atoms with Crippen LogP contribution < -0.4 is 5.73 Å². The first kappa shape index (κ1) is 14.0. The number of nitrogens with zero attached hydrogens (tertiary/aromatic N) is 1. The third-order valence-corrected chi connectivity index (χ3v) is 3.58. The van der Waals surface area contributed by atoms with Crippen molar-refractivity contribution in [2.45, 2.75) is 44.2 Å². The van der Waals surface area contributed by atoms with E-state index in [9.17, 15) is 10.1 Å². The SMILES string of the molecule is NC1CCCC(OCCc2ccccc2[N+](=O)[O-])C1. The predicted octanol–water partition coefficient (Wildman–Crippen LogP) is 2.42. The molecule has 2 N–H and O–H groups in total. The van der Waals surface area contributed by atoms with Crippen molar-refractivity contribution in [1.82, 2.24) is 0 Å². The fourth-order valence-corrected chi connectivity index (χ4v) is 2.57. The Kier molecular flexibility index (Phi) is 4.87. The lowest BCUT2D eigenvalue weighted by Gasteiger charge is -2.26. The molecule has 2 rings (SSSR count). The topological polar surface area (TPSA) is 78.4 Å². The molecule has 1 saturated carbocycles. The Bertz CT molecular complexity index is 436. The highest BCUT2D eigenvalue weighted by Gasteiger charge is 2.20. The molecule has 2 atom stereocenters. The van der Waals surface area contributed by atoms with Crippen LogP contribution in [0, 0.1) is 10.1 Å². The molecule has 0 aliphatic heterocycles. The van der Waals surface area contributed by atoms with Crippen LogP contribution in [0.2, 0.25) is 0 Å². The van der Waals surface area contributed by atoms with Gasteiger partial charge in [0.1, 0.15) is 0 Å². The average Bonchev–Trinajstić information content (AvgIpc) is 2.39. The standard InChI is InChI=1S/C14H20N2O3/c15-12-5-3-6-13(10-12)19-9-8-11-4-1-2-7-14(11)16(17)18/h1-2,4,7,12-13H,3,5-6,8-10,15H2. The van der Waals surface area contributed by atoms with Gasteiger partial charge in [0.05, 0.1) is 17.6 Å². The summed E-state index contributed by atoms with van der Waals surface area (Å²) in [7, 11) is 0. The van der Waals surface area contributed by atoms with Crippen LogP contribution in [-0.2, 0) is 11.2 Å². The van der Waals surface area contributed by atoms with E-state index in [4.69, 9.17) is 10.5 Å². The molecule has 0 heterocycles. The Morgan fingerprint density at radius 1 is 1.37 bits per heavy atom. The van der Waals surface area contributed by atoms with Gasteiger partial charge in [-0.2, -0.15) is 0 Å². The van der Waals surface area contributed by atoms with Gasteiger partial charge < -0.3 is 10.5 Å². The Morgan fingerprint density at radius 2 is 2.16 bits per heavy atom. The summed E-state index contributed by atoms with van der Waals surface area (Å²) in [5.41, 5.74) is 6.80. The van der Waals surface area contributed by atoms with Crippen LogP contribution in [0.15, 0.2) is 24.3 Å². The number of nitro groups is 1. The molecule has 0 aromatic heterocycles. The molecule has 5 heteroatoms. The van der Waals surface area contributed by atoms with Gasteiger partial charge in [0.15, 0.2) is 0 Å². The van der Waals surface area contributed by atoms with E-state index in [1.165, 1.54) is 6.07 Å². The average molecular weight is 264 g/mol. The third kappa shape index (κ3) is 4.01. The quantitative estimate of drug-likeness (QED) is 0.654. The van der Waals surface area contributed by atoms with Crippen molar-refractivity contribution in [3.8, 4) is 0 Å². The maximum atomic E-state index is 10.9. The zero-order valence-corrected chi connectivity index (χ0v) is 11.0. The van der Waals surface area contributed by atoms with Crippen molar-refractivity contribution >= 4 is 5.69 Å². The van der Waals surface area contributed by atoms with E-state index >= 15 is 0 Å². The Labute approximate surface area is 112 Å². The third-order valence-electron chi connectivity index (χ3n) is 3.58.